The molecule has 2 aromatic rings. The minimum absolute atomic E-state index is 0.0151. The Morgan fingerprint density at radius 2 is 2.05 bits per heavy atom. The summed E-state index contributed by atoms with van der Waals surface area (Å²) in [6.45, 7) is 5.79. The summed E-state index contributed by atoms with van der Waals surface area (Å²) in [5.74, 6) is 1.73. The third kappa shape index (κ3) is 4.60. The number of aromatic nitrogens is 3. The number of carbonyl (C=O) groups excluding carboxylic acids is 1. The molecule has 0 bridgehead atoms. The molecule has 6 heteroatoms. The van der Waals surface area contributed by atoms with E-state index in [1.165, 1.54) is 5.56 Å². The Labute approximate surface area is 128 Å². The van der Waals surface area contributed by atoms with Crippen molar-refractivity contribution in [2.75, 3.05) is 5.32 Å². The van der Waals surface area contributed by atoms with Crippen LogP contribution in [0, 0.1) is 5.92 Å². The zero-order valence-corrected chi connectivity index (χ0v) is 13.3. The number of thioether (sulfide) groups is 1. The van der Waals surface area contributed by atoms with Crippen LogP contribution >= 0.6 is 11.8 Å². The number of rotatable bonds is 6. The lowest BCUT2D eigenvalue weighted by Gasteiger charge is -2.08. The smallest absolute Gasteiger partial charge is 0.226 e. The Bertz CT molecular complexity index is 592. The fourth-order valence-corrected chi connectivity index (χ4v) is 2.39. The number of carbonyl (C=O) groups is 1. The van der Waals surface area contributed by atoms with Crippen molar-refractivity contribution in [3.63, 3.8) is 0 Å². The van der Waals surface area contributed by atoms with Crippen LogP contribution in [0.15, 0.2) is 29.4 Å². The Morgan fingerprint density at radius 3 is 2.62 bits per heavy atom. The van der Waals surface area contributed by atoms with E-state index in [1.807, 2.05) is 45.0 Å². The molecule has 0 saturated heterocycles. The molecule has 0 radical (unpaired) electrons. The fourth-order valence-electron chi connectivity index (χ4n) is 1.62. The van der Waals surface area contributed by atoms with Crippen LogP contribution in [0.1, 0.15) is 32.2 Å². The van der Waals surface area contributed by atoms with Crippen molar-refractivity contribution < 1.29 is 4.79 Å². The molecular weight excluding hydrogens is 284 g/mol. The van der Waals surface area contributed by atoms with Gasteiger partial charge in [0.2, 0.25) is 11.1 Å². The van der Waals surface area contributed by atoms with Crippen molar-refractivity contribution in [1.29, 1.82) is 0 Å². The van der Waals surface area contributed by atoms with Crippen LogP contribution in [-0.4, -0.2) is 21.1 Å². The zero-order chi connectivity index (χ0) is 15.2. The minimum Gasteiger partial charge on any atom is -0.326 e. The molecule has 0 unspecified atom stereocenters. The van der Waals surface area contributed by atoms with E-state index in [0.717, 1.165) is 28.8 Å². The molecule has 0 aliphatic heterocycles. The molecule has 0 fully saturated rings. The van der Waals surface area contributed by atoms with Gasteiger partial charge in [0.1, 0.15) is 5.82 Å². The second-order valence-corrected chi connectivity index (χ2v) is 5.99. The SMILES string of the molecule is CCc1nc(SCc2ccc(NC(=O)C(C)C)cc2)n[nH]1. The number of H-pyrrole nitrogens is 1. The first-order chi connectivity index (χ1) is 10.1. The Hall–Kier alpha value is -1.82. The summed E-state index contributed by atoms with van der Waals surface area (Å²) in [4.78, 5) is 16.0. The monoisotopic (exact) mass is 304 g/mol. The van der Waals surface area contributed by atoms with Gasteiger partial charge in [-0.2, -0.15) is 0 Å². The molecule has 0 spiro atoms. The summed E-state index contributed by atoms with van der Waals surface area (Å²) < 4.78 is 0. The first-order valence-electron chi connectivity index (χ1n) is 7.02. The quantitative estimate of drug-likeness (QED) is 0.804. The molecule has 112 valence electrons. The van der Waals surface area contributed by atoms with Gasteiger partial charge in [-0.3, -0.25) is 9.89 Å². The number of aryl methyl sites for hydroxylation is 1. The molecule has 0 aliphatic carbocycles. The predicted octanol–water partition coefficient (Wildman–Crippen LogP) is 3.25. The average molecular weight is 304 g/mol. The lowest BCUT2D eigenvalue weighted by molar-refractivity contribution is -0.118. The van der Waals surface area contributed by atoms with E-state index in [1.54, 1.807) is 11.8 Å². The summed E-state index contributed by atoms with van der Waals surface area (Å²) in [7, 11) is 0. The molecule has 5 nitrogen and oxygen atoms in total. The molecule has 21 heavy (non-hydrogen) atoms. The van der Waals surface area contributed by atoms with E-state index in [-0.39, 0.29) is 11.8 Å². The zero-order valence-electron chi connectivity index (χ0n) is 12.5. The van der Waals surface area contributed by atoms with Crippen molar-refractivity contribution in [2.45, 2.75) is 38.1 Å². The summed E-state index contributed by atoms with van der Waals surface area (Å²) in [5, 5.41) is 10.7. The van der Waals surface area contributed by atoms with Crippen LogP contribution in [0.25, 0.3) is 0 Å². The van der Waals surface area contributed by atoms with Gasteiger partial charge in [-0.05, 0) is 17.7 Å². The van der Waals surface area contributed by atoms with Crippen LogP contribution in [0.4, 0.5) is 5.69 Å². The Morgan fingerprint density at radius 1 is 1.33 bits per heavy atom. The number of anilines is 1. The molecule has 1 heterocycles. The van der Waals surface area contributed by atoms with Gasteiger partial charge in [-0.15, -0.1) is 5.10 Å². The van der Waals surface area contributed by atoms with Gasteiger partial charge in [0.15, 0.2) is 0 Å². The lowest BCUT2D eigenvalue weighted by Crippen LogP contribution is -2.17. The van der Waals surface area contributed by atoms with E-state index in [2.05, 4.69) is 20.5 Å². The van der Waals surface area contributed by atoms with Crippen molar-refractivity contribution in [2.24, 2.45) is 5.92 Å². The molecule has 1 aromatic carbocycles. The average Bonchev–Trinajstić information content (AvgIpc) is 2.94. The Kier molecular flexibility index (Phi) is 5.38. The molecule has 0 saturated carbocycles. The van der Waals surface area contributed by atoms with Gasteiger partial charge in [0.25, 0.3) is 0 Å². The van der Waals surface area contributed by atoms with Gasteiger partial charge in [-0.25, -0.2) is 4.98 Å². The molecule has 2 rings (SSSR count). The fraction of sp³-hybridized carbons (Fsp3) is 0.400. The highest BCUT2D eigenvalue weighted by atomic mass is 32.2. The predicted molar refractivity (Wildman–Crippen MR) is 85.2 cm³/mol. The van der Waals surface area contributed by atoms with Gasteiger partial charge in [-0.1, -0.05) is 44.7 Å². The molecule has 1 aromatic heterocycles. The number of nitrogens with one attached hydrogen (secondary N) is 2. The van der Waals surface area contributed by atoms with Crippen LogP contribution in [0.3, 0.4) is 0 Å². The number of benzene rings is 1. The van der Waals surface area contributed by atoms with Crippen molar-refractivity contribution >= 4 is 23.4 Å². The Balaban J connectivity index is 1.88. The van der Waals surface area contributed by atoms with Gasteiger partial charge in [0, 0.05) is 23.8 Å². The maximum Gasteiger partial charge on any atom is 0.226 e. The van der Waals surface area contributed by atoms with Crippen LogP contribution in [0.5, 0.6) is 0 Å². The maximum absolute atomic E-state index is 11.6. The maximum atomic E-state index is 11.6. The first-order valence-corrected chi connectivity index (χ1v) is 8.01. The number of hydrogen-bond donors (Lipinski definition) is 2. The standard InChI is InChI=1S/C15H20N4OS/c1-4-13-17-15(19-18-13)21-9-11-5-7-12(8-6-11)16-14(20)10(2)3/h5-8,10H,4,9H2,1-3H3,(H,16,20)(H,17,18,19). The summed E-state index contributed by atoms with van der Waals surface area (Å²) in [6, 6.07) is 7.86. The summed E-state index contributed by atoms with van der Waals surface area (Å²) in [6.07, 6.45) is 0.859. The molecular formula is C15H20N4OS. The van der Waals surface area contributed by atoms with E-state index < -0.39 is 0 Å². The summed E-state index contributed by atoms with van der Waals surface area (Å²) in [5.41, 5.74) is 2.00. The highest BCUT2D eigenvalue weighted by Crippen LogP contribution is 2.20. The largest absolute Gasteiger partial charge is 0.326 e. The molecule has 0 aliphatic rings. The lowest BCUT2D eigenvalue weighted by atomic mass is 10.2. The van der Waals surface area contributed by atoms with Crippen LogP contribution in [0.2, 0.25) is 0 Å². The number of aromatic amines is 1. The highest BCUT2D eigenvalue weighted by molar-refractivity contribution is 7.98. The number of amides is 1. The molecule has 1 amide bonds. The second kappa shape index (κ2) is 7.26. The van der Waals surface area contributed by atoms with E-state index in [0.29, 0.717) is 0 Å². The number of hydrogen-bond acceptors (Lipinski definition) is 4. The van der Waals surface area contributed by atoms with Gasteiger partial charge in [0.05, 0.1) is 0 Å². The van der Waals surface area contributed by atoms with Crippen LogP contribution < -0.4 is 5.32 Å². The van der Waals surface area contributed by atoms with E-state index in [4.69, 9.17) is 0 Å². The third-order valence-electron chi connectivity index (χ3n) is 2.96. The molecule has 0 atom stereocenters. The van der Waals surface area contributed by atoms with Crippen LogP contribution in [-0.2, 0) is 17.0 Å². The second-order valence-electron chi connectivity index (χ2n) is 5.05. The van der Waals surface area contributed by atoms with Gasteiger partial charge < -0.3 is 5.32 Å². The normalized spacial score (nSPS) is 10.9. The van der Waals surface area contributed by atoms with E-state index >= 15 is 0 Å². The number of nitrogens with zero attached hydrogens (tertiary/aromatic N) is 2. The van der Waals surface area contributed by atoms with Crippen molar-refractivity contribution in [3.8, 4) is 0 Å². The van der Waals surface area contributed by atoms with Gasteiger partial charge >= 0.3 is 0 Å². The summed E-state index contributed by atoms with van der Waals surface area (Å²) >= 11 is 1.59. The topological polar surface area (TPSA) is 70.7 Å². The first kappa shape index (κ1) is 15.6. The third-order valence-corrected chi connectivity index (χ3v) is 3.88. The minimum atomic E-state index is -0.0151. The molecule has 2 N–H and O–H groups in total. The highest BCUT2D eigenvalue weighted by Gasteiger charge is 2.07. The van der Waals surface area contributed by atoms with Crippen molar-refractivity contribution in [1.82, 2.24) is 15.2 Å². The van der Waals surface area contributed by atoms with Crippen molar-refractivity contribution in [3.05, 3.63) is 35.7 Å². The van der Waals surface area contributed by atoms with E-state index in [9.17, 15) is 4.79 Å².